The van der Waals surface area contributed by atoms with Gasteiger partial charge < -0.3 is 21.1 Å². The van der Waals surface area contributed by atoms with E-state index in [-0.39, 0.29) is 22.9 Å². The molecule has 0 radical (unpaired) electrons. The van der Waals surface area contributed by atoms with Crippen molar-refractivity contribution in [2.24, 2.45) is 0 Å². The Kier molecular flexibility index (Phi) is 3.10. The smallest absolute Gasteiger partial charge is 0.142 e. The van der Waals surface area contributed by atoms with Crippen LogP contribution < -0.4 is 5.73 Å². The second kappa shape index (κ2) is 4.71. The highest BCUT2D eigenvalue weighted by atomic mass is 16.3. The van der Waals surface area contributed by atoms with Gasteiger partial charge in [0.05, 0.1) is 5.69 Å². The van der Waals surface area contributed by atoms with Crippen LogP contribution in [0.2, 0.25) is 0 Å². The number of nitrogens with two attached hydrogens (primary N) is 1. The van der Waals surface area contributed by atoms with Crippen molar-refractivity contribution in [1.29, 1.82) is 0 Å². The van der Waals surface area contributed by atoms with Crippen molar-refractivity contribution >= 4 is 17.8 Å². The van der Waals surface area contributed by atoms with Crippen LogP contribution in [-0.2, 0) is 0 Å². The molecule has 0 aromatic heterocycles. The van der Waals surface area contributed by atoms with Crippen molar-refractivity contribution in [1.82, 2.24) is 0 Å². The third-order valence-electron chi connectivity index (χ3n) is 2.52. The highest BCUT2D eigenvalue weighted by molar-refractivity contribution is 5.79. The van der Waals surface area contributed by atoms with Crippen LogP contribution in [0.15, 0.2) is 36.4 Å². The van der Waals surface area contributed by atoms with Gasteiger partial charge >= 0.3 is 0 Å². The number of anilines is 1. The first-order valence-corrected chi connectivity index (χ1v) is 5.35. The van der Waals surface area contributed by atoms with Gasteiger partial charge in [0.15, 0.2) is 0 Å². The average Bonchev–Trinajstić information content (AvgIpc) is 2.34. The summed E-state index contributed by atoms with van der Waals surface area (Å²) in [5, 5.41) is 28.0. The van der Waals surface area contributed by atoms with Gasteiger partial charge in [-0.05, 0) is 23.8 Å². The molecule has 0 bridgehead atoms. The van der Waals surface area contributed by atoms with Gasteiger partial charge in [0.1, 0.15) is 17.2 Å². The molecule has 2 rings (SSSR count). The highest BCUT2D eigenvalue weighted by Crippen LogP contribution is 2.30. The lowest BCUT2D eigenvalue weighted by Crippen LogP contribution is -1.89. The highest BCUT2D eigenvalue weighted by Gasteiger charge is 2.04. The third kappa shape index (κ3) is 2.55. The lowest BCUT2D eigenvalue weighted by atomic mass is 10.1. The van der Waals surface area contributed by atoms with E-state index in [2.05, 4.69) is 0 Å². The molecule has 4 heteroatoms. The fourth-order valence-corrected chi connectivity index (χ4v) is 1.55. The Morgan fingerprint density at radius 3 is 2.17 bits per heavy atom. The molecule has 4 nitrogen and oxygen atoms in total. The van der Waals surface area contributed by atoms with Gasteiger partial charge in [-0.15, -0.1) is 0 Å². The summed E-state index contributed by atoms with van der Waals surface area (Å²) < 4.78 is 0. The quantitative estimate of drug-likeness (QED) is 0.282. The van der Waals surface area contributed by atoms with Gasteiger partial charge in [-0.1, -0.05) is 24.3 Å². The first-order valence-electron chi connectivity index (χ1n) is 5.35. The minimum atomic E-state index is -0.152. The zero-order chi connectivity index (χ0) is 13.1. The average molecular weight is 243 g/mol. The Hall–Kier alpha value is -2.62. The monoisotopic (exact) mass is 243 g/mol. The Morgan fingerprint density at radius 2 is 1.50 bits per heavy atom. The molecule has 0 heterocycles. The fourth-order valence-electron chi connectivity index (χ4n) is 1.55. The van der Waals surface area contributed by atoms with Gasteiger partial charge in [0.25, 0.3) is 0 Å². The van der Waals surface area contributed by atoms with Crippen molar-refractivity contribution in [3.8, 4) is 17.2 Å². The van der Waals surface area contributed by atoms with Crippen molar-refractivity contribution in [2.45, 2.75) is 0 Å². The SMILES string of the molecule is Nc1c(O)cc(O)cc1C=Cc1ccc(O)cc1. The molecule has 0 fully saturated rings. The van der Waals surface area contributed by atoms with E-state index in [4.69, 9.17) is 10.8 Å². The summed E-state index contributed by atoms with van der Waals surface area (Å²) in [5.74, 6) is -0.00549. The van der Waals surface area contributed by atoms with Crippen molar-refractivity contribution < 1.29 is 15.3 Å². The van der Waals surface area contributed by atoms with Crippen molar-refractivity contribution in [3.63, 3.8) is 0 Å². The normalized spacial score (nSPS) is 10.9. The Morgan fingerprint density at radius 1 is 0.833 bits per heavy atom. The van der Waals surface area contributed by atoms with E-state index >= 15 is 0 Å². The zero-order valence-corrected chi connectivity index (χ0v) is 9.54. The first-order chi connectivity index (χ1) is 8.56. The third-order valence-corrected chi connectivity index (χ3v) is 2.52. The minimum Gasteiger partial charge on any atom is -0.508 e. The number of phenols is 3. The van der Waals surface area contributed by atoms with Gasteiger partial charge in [-0.2, -0.15) is 0 Å². The Balaban J connectivity index is 2.31. The molecule has 0 saturated heterocycles. The summed E-state index contributed by atoms with van der Waals surface area (Å²) in [6, 6.07) is 9.28. The van der Waals surface area contributed by atoms with Crippen LogP contribution in [0.3, 0.4) is 0 Å². The van der Waals surface area contributed by atoms with E-state index < -0.39 is 0 Å². The van der Waals surface area contributed by atoms with E-state index in [0.29, 0.717) is 5.56 Å². The van der Waals surface area contributed by atoms with Crippen LogP contribution in [-0.4, -0.2) is 15.3 Å². The first kappa shape index (κ1) is 11.9. The number of hydrogen-bond donors (Lipinski definition) is 4. The molecule has 0 aliphatic carbocycles. The predicted octanol–water partition coefficient (Wildman–Crippen LogP) is 2.56. The van der Waals surface area contributed by atoms with Crippen molar-refractivity contribution in [3.05, 3.63) is 47.5 Å². The standard InChI is InChI=1S/C14H13NO3/c15-14-10(7-12(17)8-13(14)18)4-1-9-2-5-11(16)6-3-9/h1-8,16-18H,15H2. The second-order valence-corrected chi connectivity index (χ2v) is 3.89. The summed E-state index contributed by atoms with van der Waals surface area (Å²) in [5.41, 5.74) is 7.30. The van der Waals surface area contributed by atoms with Crippen LogP contribution in [0, 0.1) is 0 Å². The molecule has 0 unspecified atom stereocenters. The number of phenolic OH excluding ortho intramolecular Hbond substituents is 3. The summed E-state index contributed by atoms with van der Waals surface area (Å²) in [6.07, 6.45) is 3.45. The van der Waals surface area contributed by atoms with Crippen LogP contribution in [0.1, 0.15) is 11.1 Å². The number of benzene rings is 2. The summed E-state index contributed by atoms with van der Waals surface area (Å²) in [4.78, 5) is 0. The number of aromatic hydroxyl groups is 3. The van der Waals surface area contributed by atoms with Crippen LogP contribution in [0.4, 0.5) is 5.69 Å². The summed E-state index contributed by atoms with van der Waals surface area (Å²) in [6.45, 7) is 0. The van der Waals surface area contributed by atoms with Gasteiger partial charge in [0.2, 0.25) is 0 Å². The molecule has 2 aromatic carbocycles. The predicted molar refractivity (Wildman–Crippen MR) is 71.2 cm³/mol. The Labute approximate surface area is 104 Å². The lowest BCUT2D eigenvalue weighted by Gasteiger charge is -2.04. The molecule has 0 aliphatic heterocycles. The minimum absolute atomic E-state index is 0.0490. The molecule has 0 aliphatic rings. The van der Waals surface area contributed by atoms with E-state index in [0.717, 1.165) is 5.56 Å². The molecular weight excluding hydrogens is 230 g/mol. The van der Waals surface area contributed by atoms with E-state index in [1.807, 2.05) is 0 Å². The number of rotatable bonds is 2. The second-order valence-electron chi connectivity index (χ2n) is 3.89. The molecule has 2 aromatic rings. The van der Waals surface area contributed by atoms with Crippen LogP contribution in [0.5, 0.6) is 17.2 Å². The molecular formula is C14H13NO3. The van der Waals surface area contributed by atoms with E-state index in [1.54, 1.807) is 36.4 Å². The van der Waals surface area contributed by atoms with E-state index in [9.17, 15) is 10.2 Å². The molecule has 0 spiro atoms. The molecule has 0 atom stereocenters. The topological polar surface area (TPSA) is 86.7 Å². The maximum Gasteiger partial charge on any atom is 0.142 e. The number of nitrogen functional groups attached to an aromatic ring is 1. The Bertz CT molecular complexity index is 589. The maximum absolute atomic E-state index is 9.46. The maximum atomic E-state index is 9.46. The van der Waals surface area contributed by atoms with Gasteiger partial charge in [-0.25, -0.2) is 0 Å². The molecule has 0 saturated carbocycles. The lowest BCUT2D eigenvalue weighted by molar-refractivity contribution is 0.452. The van der Waals surface area contributed by atoms with Crippen LogP contribution >= 0.6 is 0 Å². The zero-order valence-electron chi connectivity index (χ0n) is 9.54. The largest absolute Gasteiger partial charge is 0.508 e. The summed E-state index contributed by atoms with van der Waals surface area (Å²) in [7, 11) is 0. The molecule has 18 heavy (non-hydrogen) atoms. The summed E-state index contributed by atoms with van der Waals surface area (Å²) >= 11 is 0. The fraction of sp³-hybridized carbons (Fsp3) is 0. The van der Waals surface area contributed by atoms with Crippen molar-refractivity contribution in [2.75, 3.05) is 5.73 Å². The van der Waals surface area contributed by atoms with Crippen LogP contribution in [0.25, 0.3) is 12.2 Å². The molecule has 5 N–H and O–H groups in total. The van der Waals surface area contributed by atoms with Gasteiger partial charge in [0, 0.05) is 11.6 Å². The molecule has 0 amide bonds. The molecule has 92 valence electrons. The number of hydrogen-bond acceptors (Lipinski definition) is 4. The van der Waals surface area contributed by atoms with Gasteiger partial charge in [-0.3, -0.25) is 0 Å². The van der Waals surface area contributed by atoms with E-state index in [1.165, 1.54) is 12.1 Å².